The van der Waals surface area contributed by atoms with Gasteiger partial charge in [-0.15, -0.1) is 0 Å². The number of aryl methyl sites for hydroxylation is 1. The second-order valence-electron chi connectivity index (χ2n) is 9.80. The number of urea groups is 1. The number of piperidine rings is 1. The van der Waals surface area contributed by atoms with E-state index in [1.165, 1.54) is 5.56 Å². The van der Waals surface area contributed by atoms with E-state index >= 15 is 0 Å². The summed E-state index contributed by atoms with van der Waals surface area (Å²) >= 11 is 5.88. The van der Waals surface area contributed by atoms with Gasteiger partial charge >= 0.3 is 6.03 Å². The molecule has 1 fully saturated rings. The summed E-state index contributed by atoms with van der Waals surface area (Å²) in [5.41, 5.74) is 18.3. The zero-order valence-electron chi connectivity index (χ0n) is 22.4. The van der Waals surface area contributed by atoms with Crippen LogP contribution in [0.5, 0.6) is 0 Å². The Labute approximate surface area is 234 Å². The summed E-state index contributed by atoms with van der Waals surface area (Å²) < 4.78 is 0. The Kier molecular flexibility index (Phi) is 11.1. The quantitative estimate of drug-likeness (QED) is 0.136. The fourth-order valence-corrected chi connectivity index (χ4v) is 4.66. The van der Waals surface area contributed by atoms with Crippen LogP contribution in [0.25, 0.3) is 0 Å². The summed E-state index contributed by atoms with van der Waals surface area (Å²) in [7, 11) is 1.92. The van der Waals surface area contributed by atoms with E-state index in [0.29, 0.717) is 26.2 Å². The Hall–Kier alpha value is -3.64. The van der Waals surface area contributed by atoms with Crippen LogP contribution >= 0.6 is 11.6 Å². The number of benzene rings is 1. The number of likely N-dealkylation sites (tertiary alicyclic amines) is 1. The molecule has 13 heteroatoms. The Morgan fingerprint density at radius 2 is 1.77 bits per heavy atom. The number of nitrogens with zero attached hydrogens (tertiary/aromatic N) is 4. The molecule has 0 unspecified atom stereocenters. The number of halogens is 1. The van der Waals surface area contributed by atoms with Crippen molar-refractivity contribution < 1.29 is 9.59 Å². The van der Waals surface area contributed by atoms with Gasteiger partial charge in [0.2, 0.25) is 0 Å². The van der Waals surface area contributed by atoms with Crippen molar-refractivity contribution in [1.82, 2.24) is 30.8 Å². The van der Waals surface area contributed by atoms with Gasteiger partial charge in [0.05, 0.1) is 0 Å². The number of amides is 3. The van der Waals surface area contributed by atoms with Gasteiger partial charge < -0.3 is 32.7 Å². The number of nitrogens with two attached hydrogens (primary N) is 3. The second-order valence-corrected chi connectivity index (χ2v) is 10.2. The number of aliphatic imine (C=N–C) groups is 1. The Balaban J connectivity index is 1.63. The van der Waals surface area contributed by atoms with Crippen LogP contribution in [0.4, 0.5) is 16.4 Å². The molecular weight excluding hydrogens is 520 g/mol. The van der Waals surface area contributed by atoms with Gasteiger partial charge in [-0.3, -0.25) is 15.1 Å². The van der Waals surface area contributed by atoms with Crippen molar-refractivity contribution in [2.45, 2.75) is 38.5 Å². The molecule has 9 N–H and O–H groups in total. The van der Waals surface area contributed by atoms with Gasteiger partial charge in [-0.25, -0.2) is 14.8 Å². The molecule has 2 aromatic rings. The van der Waals surface area contributed by atoms with Crippen molar-refractivity contribution in [3.8, 4) is 0 Å². The first-order valence-corrected chi connectivity index (χ1v) is 13.5. The smallest absolute Gasteiger partial charge is 0.317 e. The van der Waals surface area contributed by atoms with Crippen LogP contribution in [-0.2, 0) is 6.42 Å². The van der Waals surface area contributed by atoms with Crippen LogP contribution in [0.1, 0.15) is 48.2 Å². The van der Waals surface area contributed by atoms with Crippen molar-refractivity contribution in [2.75, 3.05) is 51.2 Å². The molecule has 1 aliphatic rings. The van der Waals surface area contributed by atoms with E-state index in [2.05, 4.69) is 43.0 Å². The van der Waals surface area contributed by atoms with Gasteiger partial charge in [0.1, 0.15) is 0 Å². The van der Waals surface area contributed by atoms with E-state index in [-0.39, 0.29) is 39.9 Å². The standard InChI is InChI=1S/C26H39ClN10O2/c1-31-13-5-6-14-32-25(39)37-15-11-26(12-16-37,10-9-18-7-3-2-4-8-18)17-33-24(30)36-23(38)19-21(28)35-22(29)20(27)34-19/h2-4,7-8,31H,5-6,9-17H2,1H3,(H,32,39)(H4,28,29,35)(H3,30,33,36,38). The molecule has 0 atom stereocenters. The summed E-state index contributed by atoms with van der Waals surface area (Å²) in [6.45, 7) is 3.23. The second kappa shape index (κ2) is 14.5. The molecule has 0 bridgehead atoms. The highest BCUT2D eigenvalue weighted by Crippen LogP contribution is 2.37. The molecule has 212 valence electrons. The predicted octanol–water partition coefficient (Wildman–Crippen LogP) is 1.76. The number of guanidine groups is 1. The number of hydrogen-bond acceptors (Lipinski definition) is 8. The van der Waals surface area contributed by atoms with Crippen molar-refractivity contribution >= 4 is 41.1 Å². The molecule has 39 heavy (non-hydrogen) atoms. The first kappa shape index (κ1) is 29.9. The molecule has 12 nitrogen and oxygen atoms in total. The molecule has 3 rings (SSSR count). The third kappa shape index (κ3) is 8.96. The van der Waals surface area contributed by atoms with E-state index in [1.807, 2.05) is 30.1 Å². The number of rotatable bonds is 11. The maximum absolute atomic E-state index is 12.7. The van der Waals surface area contributed by atoms with E-state index in [9.17, 15) is 9.59 Å². The molecule has 1 aromatic heterocycles. The lowest BCUT2D eigenvalue weighted by atomic mass is 9.74. The van der Waals surface area contributed by atoms with Crippen LogP contribution < -0.4 is 33.2 Å². The van der Waals surface area contributed by atoms with Gasteiger partial charge in [0, 0.05) is 26.2 Å². The number of carbonyl (C=O) groups is 2. The molecule has 3 amide bonds. The fourth-order valence-electron chi connectivity index (χ4n) is 4.54. The van der Waals surface area contributed by atoms with Crippen LogP contribution in [0.15, 0.2) is 35.3 Å². The maximum atomic E-state index is 12.7. The highest BCUT2D eigenvalue weighted by Gasteiger charge is 2.35. The number of nitrogen functional groups attached to an aromatic ring is 2. The van der Waals surface area contributed by atoms with Gasteiger partial charge in [-0.1, -0.05) is 41.9 Å². The van der Waals surface area contributed by atoms with Crippen molar-refractivity contribution in [3.63, 3.8) is 0 Å². The normalized spacial score (nSPS) is 15.1. The number of aromatic nitrogens is 2. The minimum atomic E-state index is -0.678. The zero-order chi connectivity index (χ0) is 28.3. The fraction of sp³-hybridized carbons (Fsp3) is 0.500. The number of unbranched alkanes of at least 4 members (excludes halogenated alkanes) is 1. The maximum Gasteiger partial charge on any atom is 0.317 e. The Morgan fingerprint density at radius 1 is 1.08 bits per heavy atom. The summed E-state index contributed by atoms with van der Waals surface area (Å²) in [6, 6.07) is 10.2. The average Bonchev–Trinajstić information content (AvgIpc) is 2.93. The molecule has 0 aliphatic carbocycles. The summed E-state index contributed by atoms with van der Waals surface area (Å²) in [5, 5.41) is 8.51. The van der Waals surface area contributed by atoms with Crippen LogP contribution in [0.3, 0.4) is 0 Å². The molecule has 1 aliphatic heterocycles. The van der Waals surface area contributed by atoms with Crippen LogP contribution in [0.2, 0.25) is 5.15 Å². The molecule has 0 radical (unpaired) electrons. The number of carbonyl (C=O) groups excluding carboxylic acids is 2. The summed E-state index contributed by atoms with van der Waals surface area (Å²) in [6.07, 6.45) is 5.22. The Bertz CT molecular complexity index is 1140. The number of hydrogen-bond donors (Lipinski definition) is 6. The lowest BCUT2D eigenvalue weighted by Crippen LogP contribution is -2.49. The highest BCUT2D eigenvalue weighted by atomic mass is 35.5. The van der Waals surface area contributed by atoms with E-state index in [0.717, 1.165) is 45.1 Å². The number of anilines is 2. The largest absolute Gasteiger partial charge is 0.382 e. The molecule has 1 aromatic carbocycles. The lowest BCUT2D eigenvalue weighted by molar-refractivity contribution is 0.0970. The first-order valence-electron chi connectivity index (χ1n) is 13.1. The SMILES string of the molecule is CNCCCCNC(=O)N1CCC(CCc2ccccc2)(CN=C(N)NC(=O)c2nc(Cl)c(N)nc2N)CC1. The predicted molar refractivity (Wildman–Crippen MR) is 154 cm³/mol. The molecule has 2 heterocycles. The molecule has 0 saturated carbocycles. The van der Waals surface area contributed by atoms with Crippen LogP contribution in [0, 0.1) is 5.41 Å². The van der Waals surface area contributed by atoms with Gasteiger partial charge in [-0.05, 0) is 63.1 Å². The van der Waals surface area contributed by atoms with Crippen molar-refractivity contribution in [3.05, 3.63) is 46.7 Å². The van der Waals surface area contributed by atoms with Gasteiger partial charge in [0.15, 0.2) is 28.4 Å². The van der Waals surface area contributed by atoms with E-state index in [4.69, 9.17) is 28.8 Å². The van der Waals surface area contributed by atoms with E-state index < -0.39 is 5.91 Å². The van der Waals surface area contributed by atoms with Crippen LogP contribution in [-0.4, -0.2) is 72.5 Å². The molecule has 1 saturated heterocycles. The minimum Gasteiger partial charge on any atom is -0.382 e. The minimum absolute atomic E-state index is 0.0350. The topological polar surface area (TPSA) is 190 Å². The average molecular weight is 559 g/mol. The Morgan fingerprint density at radius 3 is 2.46 bits per heavy atom. The van der Waals surface area contributed by atoms with E-state index in [1.54, 1.807) is 0 Å². The van der Waals surface area contributed by atoms with Crippen molar-refractivity contribution in [2.24, 2.45) is 16.1 Å². The van der Waals surface area contributed by atoms with Gasteiger partial charge in [-0.2, -0.15) is 0 Å². The summed E-state index contributed by atoms with van der Waals surface area (Å²) in [4.78, 5) is 39.4. The molecular formula is C26H39ClN10O2. The first-order chi connectivity index (χ1) is 18.7. The highest BCUT2D eigenvalue weighted by molar-refractivity contribution is 6.31. The monoisotopic (exact) mass is 558 g/mol. The summed E-state index contributed by atoms with van der Waals surface area (Å²) in [5.74, 6) is -0.964. The lowest BCUT2D eigenvalue weighted by Gasteiger charge is -2.41. The zero-order valence-corrected chi connectivity index (χ0v) is 23.1. The third-order valence-electron chi connectivity index (χ3n) is 6.97. The van der Waals surface area contributed by atoms with Gasteiger partial charge in [0.25, 0.3) is 5.91 Å². The third-order valence-corrected chi connectivity index (χ3v) is 7.25. The number of nitrogens with one attached hydrogen (secondary N) is 3. The molecule has 0 spiro atoms. The van der Waals surface area contributed by atoms with Crippen molar-refractivity contribution in [1.29, 1.82) is 0 Å².